The maximum absolute atomic E-state index is 5.42. The van der Waals surface area contributed by atoms with Crippen molar-refractivity contribution in [2.24, 2.45) is 5.73 Å². The fourth-order valence-corrected chi connectivity index (χ4v) is 1.46. The van der Waals surface area contributed by atoms with E-state index in [-0.39, 0.29) is 24.8 Å². The minimum absolute atomic E-state index is 0. The van der Waals surface area contributed by atoms with Gasteiger partial charge in [-0.15, -0.1) is 24.8 Å². The van der Waals surface area contributed by atoms with Gasteiger partial charge in [-0.1, -0.05) is 36.9 Å². The number of hydrogen-bond acceptors (Lipinski definition) is 2. The first-order valence-corrected chi connectivity index (χ1v) is 5.49. The SMILES string of the molecule is C=Cc1cccc(CNCCCCN)c1.Cl.Cl. The van der Waals surface area contributed by atoms with Gasteiger partial charge >= 0.3 is 0 Å². The summed E-state index contributed by atoms with van der Waals surface area (Å²) in [5.41, 5.74) is 7.90. The van der Waals surface area contributed by atoms with Crippen molar-refractivity contribution in [3.05, 3.63) is 42.0 Å². The summed E-state index contributed by atoms with van der Waals surface area (Å²) in [6, 6.07) is 8.41. The van der Waals surface area contributed by atoms with Crippen LogP contribution in [0.2, 0.25) is 0 Å². The maximum atomic E-state index is 5.42. The van der Waals surface area contributed by atoms with E-state index < -0.39 is 0 Å². The molecule has 0 atom stereocenters. The van der Waals surface area contributed by atoms with E-state index in [1.54, 1.807) is 0 Å². The average molecular weight is 277 g/mol. The summed E-state index contributed by atoms with van der Waals surface area (Å²) in [6.07, 6.45) is 4.12. The van der Waals surface area contributed by atoms with Crippen molar-refractivity contribution in [2.75, 3.05) is 13.1 Å². The molecule has 0 radical (unpaired) electrons. The molecule has 0 bridgehead atoms. The van der Waals surface area contributed by atoms with E-state index in [4.69, 9.17) is 5.73 Å². The van der Waals surface area contributed by atoms with Gasteiger partial charge in [0.05, 0.1) is 0 Å². The molecule has 0 saturated carbocycles. The number of unbranched alkanes of at least 4 members (excludes halogenated alkanes) is 1. The molecule has 0 unspecified atom stereocenters. The van der Waals surface area contributed by atoms with Gasteiger partial charge in [0.25, 0.3) is 0 Å². The van der Waals surface area contributed by atoms with E-state index in [1.165, 1.54) is 11.1 Å². The van der Waals surface area contributed by atoms with E-state index >= 15 is 0 Å². The highest BCUT2D eigenvalue weighted by Gasteiger charge is 1.93. The number of benzene rings is 1. The van der Waals surface area contributed by atoms with Crippen molar-refractivity contribution in [3.63, 3.8) is 0 Å². The highest BCUT2D eigenvalue weighted by Crippen LogP contribution is 2.05. The summed E-state index contributed by atoms with van der Waals surface area (Å²) in [5, 5.41) is 3.40. The molecule has 0 aliphatic heterocycles. The Morgan fingerprint density at radius 3 is 2.65 bits per heavy atom. The van der Waals surface area contributed by atoms with E-state index in [0.717, 1.165) is 32.5 Å². The normalized spacial score (nSPS) is 9.00. The molecule has 98 valence electrons. The van der Waals surface area contributed by atoms with E-state index in [1.807, 2.05) is 6.08 Å². The first kappa shape index (κ1) is 18.8. The lowest BCUT2D eigenvalue weighted by molar-refractivity contribution is 0.627. The minimum Gasteiger partial charge on any atom is -0.330 e. The summed E-state index contributed by atoms with van der Waals surface area (Å²) in [7, 11) is 0. The van der Waals surface area contributed by atoms with Crippen LogP contribution in [-0.4, -0.2) is 13.1 Å². The van der Waals surface area contributed by atoms with E-state index in [2.05, 4.69) is 36.2 Å². The minimum atomic E-state index is 0. The lowest BCUT2D eigenvalue weighted by atomic mass is 10.1. The van der Waals surface area contributed by atoms with Crippen molar-refractivity contribution in [2.45, 2.75) is 19.4 Å². The topological polar surface area (TPSA) is 38.0 Å². The Morgan fingerprint density at radius 1 is 1.24 bits per heavy atom. The molecular weight excluding hydrogens is 255 g/mol. The molecule has 1 aromatic carbocycles. The lowest BCUT2D eigenvalue weighted by Gasteiger charge is -2.05. The third kappa shape index (κ3) is 8.22. The third-order valence-corrected chi connectivity index (χ3v) is 2.32. The Labute approximate surface area is 116 Å². The Hall–Kier alpha value is -0.540. The van der Waals surface area contributed by atoms with Crippen LogP contribution in [0, 0.1) is 0 Å². The van der Waals surface area contributed by atoms with Crippen LogP contribution in [0.4, 0.5) is 0 Å². The molecule has 1 rings (SSSR count). The number of nitrogens with one attached hydrogen (secondary N) is 1. The van der Waals surface area contributed by atoms with Crippen molar-refractivity contribution >= 4 is 30.9 Å². The van der Waals surface area contributed by atoms with Gasteiger partial charge in [0.2, 0.25) is 0 Å². The third-order valence-electron chi connectivity index (χ3n) is 2.32. The lowest BCUT2D eigenvalue weighted by Crippen LogP contribution is -2.15. The van der Waals surface area contributed by atoms with Gasteiger partial charge < -0.3 is 11.1 Å². The molecule has 0 fully saturated rings. The number of hydrogen-bond donors (Lipinski definition) is 2. The zero-order chi connectivity index (χ0) is 10.9. The molecule has 0 aliphatic carbocycles. The van der Waals surface area contributed by atoms with Gasteiger partial charge in [-0.2, -0.15) is 0 Å². The van der Waals surface area contributed by atoms with Crippen molar-refractivity contribution in [1.82, 2.24) is 5.32 Å². The molecular formula is C13H22Cl2N2. The second-order valence-electron chi connectivity index (χ2n) is 3.62. The monoisotopic (exact) mass is 276 g/mol. The highest BCUT2D eigenvalue weighted by atomic mass is 35.5. The van der Waals surface area contributed by atoms with Crippen LogP contribution in [0.1, 0.15) is 24.0 Å². The first-order valence-electron chi connectivity index (χ1n) is 5.49. The Balaban J connectivity index is 0. The van der Waals surface area contributed by atoms with Gasteiger partial charge in [-0.05, 0) is 37.1 Å². The standard InChI is InChI=1S/C13H20N2.2ClH/c1-2-12-6-5-7-13(10-12)11-15-9-4-3-8-14;;/h2,5-7,10,15H,1,3-4,8-9,11,14H2;2*1H. The van der Waals surface area contributed by atoms with Gasteiger partial charge in [-0.25, -0.2) is 0 Å². The van der Waals surface area contributed by atoms with E-state index in [9.17, 15) is 0 Å². The molecule has 0 aliphatic rings. The van der Waals surface area contributed by atoms with Gasteiger partial charge in [0, 0.05) is 6.54 Å². The van der Waals surface area contributed by atoms with Crippen LogP contribution in [0.3, 0.4) is 0 Å². The molecule has 0 aromatic heterocycles. The van der Waals surface area contributed by atoms with Crippen molar-refractivity contribution in [1.29, 1.82) is 0 Å². The Kier molecular flexibility index (Phi) is 13.2. The van der Waals surface area contributed by atoms with Crippen molar-refractivity contribution < 1.29 is 0 Å². The largest absolute Gasteiger partial charge is 0.330 e. The predicted molar refractivity (Wildman–Crippen MR) is 81.0 cm³/mol. The summed E-state index contributed by atoms with van der Waals surface area (Å²) < 4.78 is 0. The maximum Gasteiger partial charge on any atom is 0.0205 e. The Morgan fingerprint density at radius 2 is 2.00 bits per heavy atom. The van der Waals surface area contributed by atoms with Crippen LogP contribution >= 0.6 is 24.8 Å². The second kappa shape index (κ2) is 11.9. The van der Waals surface area contributed by atoms with Crippen LogP contribution in [-0.2, 0) is 6.54 Å². The van der Waals surface area contributed by atoms with E-state index in [0.29, 0.717) is 0 Å². The van der Waals surface area contributed by atoms with Gasteiger partial charge in [0.15, 0.2) is 0 Å². The fourth-order valence-electron chi connectivity index (χ4n) is 1.46. The summed E-state index contributed by atoms with van der Waals surface area (Å²) >= 11 is 0. The average Bonchev–Trinajstić information content (AvgIpc) is 2.29. The summed E-state index contributed by atoms with van der Waals surface area (Å²) in [5.74, 6) is 0. The molecule has 1 aromatic rings. The zero-order valence-corrected chi connectivity index (χ0v) is 11.7. The molecule has 0 amide bonds. The van der Waals surface area contributed by atoms with Crippen LogP contribution in [0.25, 0.3) is 6.08 Å². The first-order chi connectivity index (χ1) is 7.36. The van der Waals surface area contributed by atoms with Crippen LogP contribution < -0.4 is 11.1 Å². The number of halogens is 2. The molecule has 17 heavy (non-hydrogen) atoms. The highest BCUT2D eigenvalue weighted by molar-refractivity contribution is 5.85. The molecule has 0 heterocycles. The van der Waals surface area contributed by atoms with Crippen molar-refractivity contribution in [3.8, 4) is 0 Å². The van der Waals surface area contributed by atoms with Gasteiger partial charge in [0.1, 0.15) is 0 Å². The number of nitrogens with two attached hydrogens (primary N) is 1. The molecule has 0 spiro atoms. The molecule has 0 saturated heterocycles. The number of rotatable bonds is 7. The summed E-state index contributed by atoms with van der Waals surface area (Å²) in [6.45, 7) is 6.50. The zero-order valence-electron chi connectivity index (χ0n) is 10.0. The van der Waals surface area contributed by atoms with Crippen LogP contribution in [0.15, 0.2) is 30.8 Å². The Bertz CT molecular complexity index is 303. The second-order valence-corrected chi connectivity index (χ2v) is 3.62. The molecule has 3 N–H and O–H groups in total. The summed E-state index contributed by atoms with van der Waals surface area (Å²) in [4.78, 5) is 0. The smallest absolute Gasteiger partial charge is 0.0205 e. The molecule has 4 heteroatoms. The predicted octanol–water partition coefficient (Wildman–Crippen LogP) is 3.00. The fraction of sp³-hybridized carbons (Fsp3) is 0.385. The quantitative estimate of drug-likeness (QED) is 0.752. The molecule has 2 nitrogen and oxygen atoms in total. The van der Waals surface area contributed by atoms with Crippen LogP contribution in [0.5, 0.6) is 0 Å². The van der Waals surface area contributed by atoms with Gasteiger partial charge in [-0.3, -0.25) is 0 Å².